The van der Waals surface area contributed by atoms with Gasteiger partial charge >= 0.3 is 12.1 Å². The summed E-state index contributed by atoms with van der Waals surface area (Å²) in [5.41, 5.74) is 5.44. The first-order chi connectivity index (χ1) is 16.4. The molecule has 2 aromatic rings. The molecule has 0 saturated heterocycles. The van der Waals surface area contributed by atoms with E-state index in [-0.39, 0.29) is 11.2 Å². The molecule has 2 aliphatic heterocycles. The number of amides is 1. The minimum atomic E-state index is -0.950. The van der Waals surface area contributed by atoms with Gasteiger partial charge in [0, 0.05) is 37.9 Å². The molecule has 0 spiro atoms. The number of carboxylic acid groups (broad SMARTS) is 1. The molecule has 1 N–H and O–H groups in total. The predicted molar refractivity (Wildman–Crippen MR) is 132 cm³/mol. The van der Waals surface area contributed by atoms with Crippen molar-refractivity contribution in [1.29, 1.82) is 0 Å². The van der Waals surface area contributed by atoms with Gasteiger partial charge in [-0.05, 0) is 48.6 Å². The zero-order chi connectivity index (χ0) is 24.1. The number of anilines is 2. The molecule has 0 radical (unpaired) electrons. The summed E-state index contributed by atoms with van der Waals surface area (Å²) < 4.78 is 5.62. The van der Waals surface area contributed by atoms with E-state index in [1.165, 1.54) is 22.5 Å². The number of hydrogen-bond donors (Lipinski definition) is 1. The number of aliphatic carboxylic acids is 1. The number of carboxylic acids is 1. The number of carbonyl (C=O) groups is 2. The van der Waals surface area contributed by atoms with Crippen LogP contribution in [0, 0.1) is 0 Å². The van der Waals surface area contributed by atoms with Gasteiger partial charge in [0.15, 0.2) is 0 Å². The quantitative estimate of drug-likeness (QED) is 0.606. The molecule has 34 heavy (non-hydrogen) atoms. The van der Waals surface area contributed by atoms with Crippen LogP contribution < -0.4 is 4.90 Å². The first-order valence-corrected chi connectivity index (χ1v) is 11.7. The maximum atomic E-state index is 12.6. The molecule has 7 heteroatoms. The SMILES string of the molecule is CN(CCCN1c2ccccc2CCc2ccccc21)C(=O)OC[N+]1(C)C=CCC(C(=O)O)=C1. The summed E-state index contributed by atoms with van der Waals surface area (Å²) in [5.74, 6) is -0.950. The van der Waals surface area contributed by atoms with Gasteiger partial charge in [0.05, 0.1) is 18.8 Å². The molecular formula is C27H32N3O4+. The first-order valence-electron chi connectivity index (χ1n) is 11.7. The van der Waals surface area contributed by atoms with Crippen LogP contribution in [0.3, 0.4) is 0 Å². The van der Waals surface area contributed by atoms with Gasteiger partial charge in [-0.3, -0.25) is 0 Å². The third-order valence-corrected chi connectivity index (χ3v) is 6.39. The molecule has 7 nitrogen and oxygen atoms in total. The summed E-state index contributed by atoms with van der Waals surface area (Å²) in [7, 11) is 3.54. The number of allylic oxidation sites excluding steroid dienone is 1. The van der Waals surface area contributed by atoms with Crippen LogP contribution in [-0.4, -0.2) is 60.5 Å². The predicted octanol–water partition coefficient (Wildman–Crippen LogP) is 4.67. The van der Waals surface area contributed by atoms with Crippen molar-refractivity contribution in [1.82, 2.24) is 4.90 Å². The van der Waals surface area contributed by atoms with E-state index in [1.54, 1.807) is 31.3 Å². The number of fused-ring (bicyclic) bond motifs is 2. The second-order valence-electron chi connectivity index (χ2n) is 9.12. The van der Waals surface area contributed by atoms with Crippen LogP contribution in [0.15, 0.2) is 72.6 Å². The average Bonchev–Trinajstić information content (AvgIpc) is 3.00. The van der Waals surface area contributed by atoms with Gasteiger partial charge in [-0.25, -0.2) is 14.1 Å². The fourth-order valence-corrected chi connectivity index (χ4v) is 4.57. The number of nitrogens with zero attached hydrogens (tertiary/aromatic N) is 3. The average molecular weight is 463 g/mol. The fraction of sp³-hybridized carbons (Fsp3) is 0.333. The third-order valence-electron chi connectivity index (χ3n) is 6.39. The lowest BCUT2D eigenvalue weighted by molar-refractivity contribution is -0.828. The van der Waals surface area contributed by atoms with Gasteiger partial charge in [-0.1, -0.05) is 36.4 Å². The Bertz CT molecular complexity index is 1080. The molecule has 0 aromatic heterocycles. The van der Waals surface area contributed by atoms with E-state index in [1.807, 2.05) is 6.20 Å². The van der Waals surface area contributed by atoms with Crippen LogP contribution in [0.2, 0.25) is 0 Å². The van der Waals surface area contributed by atoms with Crippen molar-refractivity contribution in [2.24, 2.45) is 0 Å². The Kier molecular flexibility index (Phi) is 7.03. The molecule has 4 rings (SSSR count). The Hall–Kier alpha value is -3.58. The van der Waals surface area contributed by atoms with E-state index < -0.39 is 12.1 Å². The highest BCUT2D eigenvalue weighted by atomic mass is 16.6. The molecular weight excluding hydrogens is 430 g/mol. The standard InChI is InChI=1S/C27H31N3O4/c1-28(27(33)34-20-30(2)18-7-11-23(19-30)26(31)32)16-8-17-29-24-12-5-3-9-21(24)14-15-22-10-4-6-13-25(22)29/h3-7,9-10,12-13,18-19H,8,11,14-17,20H2,1-2H3/p+1. The van der Waals surface area contributed by atoms with Gasteiger partial charge in [-0.2, -0.15) is 0 Å². The second kappa shape index (κ2) is 10.1. The van der Waals surface area contributed by atoms with Crippen molar-refractivity contribution in [3.63, 3.8) is 0 Å². The lowest BCUT2D eigenvalue weighted by Gasteiger charge is -2.29. The molecule has 0 fully saturated rings. The highest BCUT2D eigenvalue weighted by Crippen LogP contribution is 2.35. The summed E-state index contributed by atoms with van der Waals surface area (Å²) in [4.78, 5) is 27.8. The van der Waals surface area contributed by atoms with E-state index in [0.29, 0.717) is 18.5 Å². The largest absolute Gasteiger partial charge is 0.478 e. The minimum absolute atomic E-state index is 0.0450. The van der Waals surface area contributed by atoms with Crippen LogP contribution in [-0.2, 0) is 22.4 Å². The van der Waals surface area contributed by atoms with Crippen LogP contribution in [0.5, 0.6) is 0 Å². The van der Waals surface area contributed by atoms with Gasteiger partial charge < -0.3 is 19.6 Å². The van der Waals surface area contributed by atoms with Crippen molar-refractivity contribution in [3.8, 4) is 0 Å². The maximum absolute atomic E-state index is 12.6. The van der Waals surface area contributed by atoms with Crippen LogP contribution in [0.4, 0.5) is 16.2 Å². The number of ether oxygens (including phenoxy) is 1. The monoisotopic (exact) mass is 462 g/mol. The van der Waals surface area contributed by atoms with Crippen molar-refractivity contribution < 1.29 is 23.9 Å². The highest BCUT2D eigenvalue weighted by Gasteiger charge is 2.26. The molecule has 0 saturated carbocycles. The van der Waals surface area contributed by atoms with E-state index in [2.05, 4.69) is 53.4 Å². The van der Waals surface area contributed by atoms with Crippen LogP contribution in [0.25, 0.3) is 0 Å². The number of rotatable bonds is 7. The summed E-state index contributed by atoms with van der Waals surface area (Å²) >= 11 is 0. The zero-order valence-corrected chi connectivity index (χ0v) is 19.8. The Labute approximate surface area is 200 Å². The van der Waals surface area contributed by atoms with Gasteiger partial charge in [-0.15, -0.1) is 0 Å². The lowest BCUT2D eigenvalue weighted by Crippen LogP contribution is -2.40. The molecule has 0 aliphatic carbocycles. The topological polar surface area (TPSA) is 70.1 Å². The number of quaternary nitrogens is 1. The molecule has 1 amide bonds. The Balaban J connectivity index is 1.36. The molecule has 0 bridgehead atoms. The zero-order valence-electron chi connectivity index (χ0n) is 19.8. The minimum Gasteiger partial charge on any atom is -0.478 e. The van der Waals surface area contributed by atoms with E-state index in [0.717, 1.165) is 25.8 Å². The Morgan fingerprint density at radius 2 is 1.68 bits per heavy atom. The molecule has 2 heterocycles. The summed E-state index contributed by atoms with van der Waals surface area (Å²) in [6.07, 6.45) is 8.01. The van der Waals surface area contributed by atoms with Crippen molar-refractivity contribution in [3.05, 3.63) is 83.7 Å². The number of benzene rings is 2. The Morgan fingerprint density at radius 3 is 2.29 bits per heavy atom. The van der Waals surface area contributed by atoms with Crippen molar-refractivity contribution in [2.45, 2.75) is 25.7 Å². The number of aryl methyl sites for hydroxylation is 2. The van der Waals surface area contributed by atoms with Gasteiger partial charge in [0.25, 0.3) is 0 Å². The molecule has 2 aliphatic rings. The van der Waals surface area contributed by atoms with E-state index in [4.69, 9.17) is 4.74 Å². The second-order valence-corrected chi connectivity index (χ2v) is 9.12. The van der Waals surface area contributed by atoms with Crippen LogP contribution >= 0.6 is 0 Å². The Morgan fingerprint density at radius 1 is 1.06 bits per heavy atom. The normalized spacial score (nSPS) is 18.9. The van der Waals surface area contributed by atoms with E-state index >= 15 is 0 Å². The third kappa shape index (κ3) is 5.31. The molecule has 1 unspecified atom stereocenters. The summed E-state index contributed by atoms with van der Waals surface area (Å²) in [5, 5.41) is 9.25. The first kappa shape index (κ1) is 23.6. The molecule has 2 aromatic carbocycles. The number of para-hydroxylation sites is 2. The van der Waals surface area contributed by atoms with Gasteiger partial charge in [0.2, 0.25) is 6.73 Å². The maximum Gasteiger partial charge on any atom is 0.413 e. The highest BCUT2D eigenvalue weighted by molar-refractivity contribution is 5.86. The smallest absolute Gasteiger partial charge is 0.413 e. The molecule has 1 atom stereocenters. The summed E-state index contributed by atoms with van der Waals surface area (Å²) in [6.45, 7) is 1.38. The lowest BCUT2D eigenvalue weighted by atomic mass is 10.0. The number of carbonyl (C=O) groups excluding carboxylic acids is 1. The van der Waals surface area contributed by atoms with Crippen LogP contribution in [0.1, 0.15) is 24.0 Å². The molecule has 178 valence electrons. The number of hydrogen-bond acceptors (Lipinski definition) is 4. The van der Waals surface area contributed by atoms with Crippen molar-refractivity contribution in [2.75, 3.05) is 38.8 Å². The van der Waals surface area contributed by atoms with Gasteiger partial charge in [0.1, 0.15) is 6.20 Å². The summed E-state index contributed by atoms with van der Waals surface area (Å²) in [6, 6.07) is 17.1. The fourth-order valence-electron chi connectivity index (χ4n) is 4.57. The van der Waals surface area contributed by atoms with E-state index in [9.17, 15) is 14.7 Å². The van der Waals surface area contributed by atoms with Crippen molar-refractivity contribution >= 4 is 23.4 Å².